The molecule has 0 aliphatic heterocycles. The van der Waals surface area contributed by atoms with E-state index in [0.717, 1.165) is 12.8 Å². The topological polar surface area (TPSA) is 26.0 Å². The van der Waals surface area contributed by atoms with Crippen LogP contribution in [-0.2, 0) is 5.41 Å². The summed E-state index contributed by atoms with van der Waals surface area (Å²) in [5.41, 5.74) is 10.3. The van der Waals surface area contributed by atoms with Gasteiger partial charge in [-0.05, 0) is 23.1 Å². The van der Waals surface area contributed by atoms with Crippen molar-refractivity contribution in [2.45, 2.75) is 45.1 Å². The van der Waals surface area contributed by atoms with Gasteiger partial charge >= 0.3 is 0 Å². The van der Waals surface area contributed by atoms with Gasteiger partial charge in [-0.15, -0.1) is 0 Å². The molecular formula is C19H25N. The first-order valence-corrected chi connectivity index (χ1v) is 7.48. The van der Waals surface area contributed by atoms with Gasteiger partial charge < -0.3 is 5.73 Å². The van der Waals surface area contributed by atoms with E-state index in [0.29, 0.717) is 0 Å². The molecular weight excluding hydrogens is 242 g/mol. The van der Waals surface area contributed by atoms with Gasteiger partial charge in [-0.2, -0.15) is 0 Å². The van der Waals surface area contributed by atoms with Gasteiger partial charge in [0.15, 0.2) is 0 Å². The summed E-state index contributed by atoms with van der Waals surface area (Å²) in [4.78, 5) is 0. The van der Waals surface area contributed by atoms with E-state index in [1.165, 1.54) is 16.7 Å². The van der Waals surface area contributed by atoms with E-state index in [1.807, 2.05) is 0 Å². The third-order valence-corrected chi connectivity index (χ3v) is 4.13. The van der Waals surface area contributed by atoms with Gasteiger partial charge in [0.05, 0.1) is 0 Å². The van der Waals surface area contributed by atoms with Gasteiger partial charge in [-0.3, -0.25) is 0 Å². The van der Waals surface area contributed by atoms with E-state index < -0.39 is 0 Å². The second kappa shape index (κ2) is 6.23. The number of benzene rings is 2. The molecule has 0 aliphatic carbocycles. The summed E-state index contributed by atoms with van der Waals surface area (Å²) in [5.74, 6) is 0. The Kier molecular flexibility index (Phi) is 4.61. The molecule has 0 aromatic heterocycles. The standard InChI is InChI=1S/C19H25N/c1-4-10-18(20)16-13-8-9-14-17(16)19(2,3)15-11-6-5-7-12-15/h5-9,11-14,18H,4,10,20H2,1-3H3. The lowest BCUT2D eigenvalue weighted by atomic mass is 9.75. The highest BCUT2D eigenvalue weighted by molar-refractivity contribution is 5.43. The molecule has 1 heteroatoms. The molecule has 0 heterocycles. The van der Waals surface area contributed by atoms with Crippen LogP contribution in [0.25, 0.3) is 0 Å². The molecule has 2 rings (SSSR count). The average Bonchev–Trinajstić information content (AvgIpc) is 2.48. The molecule has 2 aromatic rings. The molecule has 20 heavy (non-hydrogen) atoms. The summed E-state index contributed by atoms with van der Waals surface area (Å²) < 4.78 is 0. The van der Waals surface area contributed by atoms with Crippen LogP contribution in [-0.4, -0.2) is 0 Å². The fraction of sp³-hybridized carbons (Fsp3) is 0.368. The third kappa shape index (κ3) is 2.94. The zero-order valence-corrected chi connectivity index (χ0v) is 12.8. The first-order chi connectivity index (χ1) is 9.57. The normalized spacial score (nSPS) is 13.2. The van der Waals surface area contributed by atoms with Crippen LogP contribution in [0.3, 0.4) is 0 Å². The Balaban J connectivity index is 2.47. The van der Waals surface area contributed by atoms with Crippen LogP contribution >= 0.6 is 0 Å². The van der Waals surface area contributed by atoms with Crippen LogP contribution < -0.4 is 5.73 Å². The van der Waals surface area contributed by atoms with Crippen LogP contribution in [0.15, 0.2) is 54.6 Å². The molecule has 0 aliphatic rings. The molecule has 106 valence electrons. The van der Waals surface area contributed by atoms with Crippen LogP contribution in [0, 0.1) is 0 Å². The lowest BCUT2D eigenvalue weighted by Crippen LogP contribution is -2.24. The van der Waals surface area contributed by atoms with E-state index >= 15 is 0 Å². The second-order valence-corrected chi connectivity index (χ2v) is 5.97. The van der Waals surface area contributed by atoms with E-state index in [-0.39, 0.29) is 11.5 Å². The molecule has 0 amide bonds. The predicted octanol–water partition coefficient (Wildman–Crippen LogP) is 4.81. The highest BCUT2D eigenvalue weighted by Gasteiger charge is 2.26. The van der Waals surface area contributed by atoms with Crippen LogP contribution in [0.2, 0.25) is 0 Å². The Hall–Kier alpha value is -1.60. The highest BCUT2D eigenvalue weighted by atomic mass is 14.6. The zero-order valence-electron chi connectivity index (χ0n) is 12.8. The van der Waals surface area contributed by atoms with Crippen molar-refractivity contribution in [2.24, 2.45) is 5.73 Å². The Morgan fingerprint density at radius 2 is 1.55 bits per heavy atom. The van der Waals surface area contributed by atoms with Crippen molar-refractivity contribution in [2.75, 3.05) is 0 Å². The fourth-order valence-electron chi connectivity index (χ4n) is 2.87. The smallest absolute Gasteiger partial charge is 0.0297 e. The minimum atomic E-state index is -0.0246. The maximum absolute atomic E-state index is 6.38. The van der Waals surface area contributed by atoms with Crippen LogP contribution in [0.1, 0.15) is 56.3 Å². The largest absolute Gasteiger partial charge is 0.324 e. The molecule has 1 unspecified atom stereocenters. The molecule has 1 atom stereocenters. The molecule has 0 fully saturated rings. The first-order valence-electron chi connectivity index (χ1n) is 7.48. The lowest BCUT2D eigenvalue weighted by molar-refractivity contribution is 0.587. The Morgan fingerprint density at radius 1 is 0.950 bits per heavy atom. The number of hydrogen-bond donors (Lipinski definition) is 1. The molecule has 1 nitrogen and oxygen atoms in total. The van der Waals surface area contributed by atoms with Gasteiger partial charge in [-0.1, -0.05) is 81.8 Å². The molecule has 2 N–H and O–H groups in total. The number of rotatable bonds is 5. The predicted molar refractivity (Wildman–Crippen MR) is 86.8 cm³/mol. The van der Waals surface area contributed by atoms with Crippen molar-refractivity contribution in [3.63, 3.8) is 0 Å². The minimum absolute atomic E-state index is 0.0246. The molecule has 0 saturated carbocycles. The molecule has 0 radical (unpaired) electrons. The van der Waals surface area contributed by atoms with Crippen molar-refractivity contribution >= 4 is 0 Å². The average molecular weight is 267 g/mol. The molecule has 2 aromatic carbocycles. The minimum Gasteiger partial charge on any atom is -0.324 e. The maximum Gasteiger partial charge on any atom is 0.0297 e. The van der Waals surface area contributed by atoms with E-state index in [4.69, 9.17) is 5.73 Å². The summed E-state index contributed by atoms with van der Waals surface area (Å²) in [6.07, 6.45) is 2.14. The van der Waals surface area contributed by atoms with E-state index in [9.17, 15) is 0 Å². The SMILES string of the molecule is CCCC(N)c1ccccc1C(C)(C)c1ccccc1. The second-order valence-electron chi connectivity index (χ2n) is 5.97. The monoisotopic (exact) mass is 267 g/mol. The summed E-state index contributed by atoms with van der Waals surface area (Å²) in [7, 11) is 0. The first kappa shape index (κ1) is 14.8. The summed E-state index contributed by atoms with van der Waals surface area (Å²) in [5, 5.41) is 0. The molecule has 0 spiro atoms. The van der Waals surface area contributed by atoms with Crippen molar-refractivity contribution in [1.82, 2.24) is 0 Å². The van der Waals surface area contributed by atoms with Crippen molar-refractivity contribution in [3.8, 4) is 0 Å². The maximum atomic E-state index is 6.38. The number of hydrogen-bond acceptors (Lipinski definition) is 1. The summed E-state index contributed by atoms with van der Waals surface area (Å²) >= 11 is 0. The van der Waals surface area contributed by atoms with Crippen molar-refractivity contribution in [3.05, 3.63) is 71.3 Å². The van der Waals surface area contributed by atoms with Crippen molar-refractivity contribution < 1.29 is 0 Å². The zero-order chi connectivity index (χ0) is 14.6. The van der Waals surface area contributed by atoms with E-state index in [2.05, 4.69) is 75.4 Å². The quantitative estimate of drug-likeness (QED) is 0.826. The van der Waals surface area contributed by atoms with Crippen LogP contribution in [0.4, 0.5) is 0 Å². The van der Waals surface area contributed by atoms with Gasteiger partial charge in [0.25, 0.3) is 0 Å². The molecule has 0 bridgehead atoms. The Bertz CT molecular complexity index is 543. The lowest BCUT2D eigenvalue weighted by Gasteiger charge is -2.30. The summed E-state index contributed by atoms with van der Waals surface area (Å²) in [6, 6.07) is 19.4. The highest BCUT2D eigenvalue weighted by Crippen LogP contribution is 2.36. The van der Waals surface area contributed by atoms with Gasteiger partial charge in [0.2, 0.25) is 0 Å². The Labute approximate surface area is 122 Å². The van der Waals surface area contributed by atoms with Crippen molar-refractivity contribution in [1.29, 1.82) is 0 Å². The third-order valence-electron chi connectivity index (χ3n) is 4.13. The molecule has 0 saturated heterocycles. The van der Waals surface area contributed by atoms with Gasteiger partial charge in [0.1, 0.15) is 0 Å². The Morgan fingerprint density at radius 3 is 2.20 bits per heavy atom. The van der Waals surface area contributed by atoms with Crippen LogP contribution in [0.5, 0.6) is 0 Å². The summed E-state index contributed by atoms with van der Waals surface area (Å²) in [6.45, 7) is 6.74. The van der Waals surface area contributed by atoms with Gasteiger partial charge in [0, 0.05) is 11.5 Å². The number of nitrogens with two attached hydrogens (primary N) is 1. The fourth-order valence-corrected chi connectivity index (χ4v) is 2.87. The van der Waals surface area contributed by atoms with Gasteiger partial charge in [-0.25, -0.2) is 0 Å². The van der Waals surface area contributed by atoms with E-state index in [1.54, 1.807) is 0 Å².